The van der Waals surface area contributed by atoms with Crippen LogP contribution in [0.5, 0.6) is 5.75 Å². The third-order valence-electron chi connectivity index (χ3n) is 4.08. The van der Waals surface area contributed by atoms with Crippen LogP contribution in [0.15, 0.2) is 47.0 Å². The largest absolute Gasteiger partial charge is 0.492 e. The number of hydrogen-bond acceptors (Lipinski definition) is 5. The van der Waals surface area contributed by atoms with Crippen LogP contribution in [0.4, 0.5) is 13.2 Å². The van der Waals surface area contributed by atoms with Crippen LogP contribution in [0.1, 0.15) is 27.4 Å². The molecule has 29 heavy (non-hydrogen) atoms. The second-order valence-corrected chi connectivity index (χ2v) is 6.37. The first-order chi connectivity index (χ1) is 13.7. The van der Waals surface area contributed by atoms with Gasteiger partial charge in [0.2, 0.25) is 5.82 Å². The summed E-state index contributed by atoms with van der Waals surface area (Å²) >= 11 is 0. The molecule has 152 valence electrons. The van der Waals surface area contributed by atoms with Gasteiger partial charge in [0.1, 0.15) is 12.4 Å². The van der Waals surface area contributed by atoms with Gasteiger partial charge >= 0.3 is 12.1 Å². The minimum Gasteiger partial charge on any atom is -0.492 e. The molecular weight excluding hydrogens is 387 g/mol. The SMILES string of the molecule is Cc1ccc(C)c(C(=O)NCCOc2ccc(-c3noc(C(F)(F)F)n3)cc2)c1. The van der Waals surface area contributed by atoms with Crippen LogP contribution in [-0.2, 0) is 6.18 Å². The highest BCUT2D eigenvalue weighted by molar-refractivity contribution is 5.95. The average molecular weight is 405 g/mol. The smallest absolute Gasteiger partial charge is 0.471 e. The molecular formula is C20H18F3N3O3. The minimum absolute atomic E-state index is 0.162. The van der Waals surface area contributed by atoms with Crippen LogP contribution in [0, 0.1) is 13.8 Å². The Morgan fingerprint density at radius 1 is 1.14 bits per heavy atom. The third kappa shape index (κ3) is 5.13. The van der Waals surface area contributed by atoms with Crippen LogP contribution in [0.3, 0.4) is 0 Å². The molecule has 0 aliphatic heterocycles. The highest BCUT2D eigenvalue weighted by atomic mass is 19.4. The van der Waals surface area contributed by atoms with Crippen molar-refractivity contribution >= 4 is 5.91 Å². The summed E-state index contributed by atoms with van der Waals surface area (Å²) in [7, 11) is 0. The van der Waals surface area contributed by atoms with Crippen molar-refractivity contribution in [3.8, 4) is 17.1 Å². The maximum atomic E-state index is 12.5. The van der Waals surface area contributed by atoms with Crippen LogP contribution in [0.25, 0.3) is 11.4 Å². The monoisotopic (exact) mass is 405 g/mol. The molecule has 6 nitrogen and oxygen atoms in total. The number of ether oxygens (including phenoxy) is 1. The number of aryl methyl sites for hydroxylation is 2. The van der Waals surface area contributed by atoms with Crippen molar-refractivity contribution in [1.29, 1.82) is 0 Å². The van der Waals surface area contributed by atoms with E-state index >= 15 is 0 Å². The summed E-state index contributed by atoms with van der Waals surface area (Å²) < 4.78 is 47.3. The average Bonchev–Trinajstić information content (AvgIpc) is 3.18. The van der Waals surface area contributed by atoms with Crippen molar-refractivity contribution in [2.24, 2.45) is 0 Å². The zero-order valence-corrected chi connectivity index (χ0v) is 15.7. The molecule has 0 bridgehead atoms. The molecule has 0 radical (unpaired) electrons. The van der Waals surface area contributed by atoms with E-state index in [-0.39, 0.29) is 18.3 Å². The van der Waals surface area contributed by atoms with E-state index in [9.17, 15) is 18.0 Å². The molecule has 1 heterocycles. The maximum absolute atomic E-state index is 12.5. The van der Waals surface area contributed by atoms with E-state index in [4.69, 9.17) is 4.74 Å². The first-order valence-electron chi connectivity index (χ1n) is 8.73. The number of alkyl halides is 3. The van der Waals surface area contributed by atoms with Crippen LogP contribution in [-0.4, -0.2) is 29.2 Å². The highest BCUT2D eigenvalue weighted by Gasteiger charge is 2.38. The number of aromatic nitrogens is 2. The molecule has 0 aliphatic carbocycles. The van der Waals surface area contributed by atoms with Crippen LogP contribution in [0.2, 0.25) is 0 Å². The van der Waals surface area contributed by atoms with E-state index in [0.717, 1.165) is 11.1 Å². The summed E-state index contributed by atoms with van der Waals surface area (Å²) in [6.07, 6.45) is -4.68. The molecule has 0 spiro atoms. The summed E-state index contributed by atoms with van der Waals surface area (Å²) in [4.78, 5) is 15.6. The first-order valence-corrected chi connectivity index (χ1v) is 8.73. The second kappa shape index (κ2) is 8.34. The molecule has 0 saturated heterocycles. The number of carbonyl (C=O) groups excluding carboxylic acids is 1. The number of hydrogen-bond donors (Lipinski definition) is 1. The maximum Gasteiger partial charge on any atom is 0.471 e. The van der Waals surface area contributed by atoms with Gasteiger partial charge in [0.25, 0.3) is 5.91 Å². The van der Waals surface area contributed by atoms with Crippen molar-refractivity contribution in [1.82, 2.24) is 15.5 Å². The topological polar surface area (TPSA) is 77.2 Å². The summed E-state index contributed by atoms with van der Waals surface area (Å²) in [5, 5.41) is 6.11. The lowest BCUT2D eigenvalue weighted by atomic mass is 10.1. The Hall–Kier alpha value is -3.36. The quantitative estimate of drug-likeness (QED) is 0.623. The van der Waals surface area contributed by atoms with Gasteiger partial charge in [0.15, 0.2) is 0 Å². The third-order valence-corrected chi connectivity index (χ3v) is 4.08. The van der Waals surface area contributed by atoms with Gasteiger partial charge in [-0.2, -0.15) is 18.2 Å². The molecule has 1 N–H and O–H groups in total. The first kappa shape index (κ1) is 20.4. The van der Waals surface area contributed by atoms with Gasteiger partial charge in [0, 0.05) is 11.1 Å². The van der Waals surface area contributed by atoms with Gasteiger partial charge < -0.3 is 14.6 Å². The van der Waals surface area contributed by atoms with Crippen molar-refractivity contribution in [3.05, 3.63) is 65.0 Å². The number of nitrogens with one attached hydrogen (secondary N) is 1. The van der Waals surface area contributed by atoms with Crippen molar-refractivity contribution in [3.63, 3.8) is 0 Å². The van der Waals surface area contributed by atoms with Gasteiger partial charge in [-0.05, 0) is 49.7 Å². The predicted molar refractivity (Wildman–Crippen MR) is 98.5 cm³/mol. The Morgan fingerprint density at radius 3 is 2.52 bits per heavy atom. The van der Waals surface area contributed by atoms with E-state index in [1.165, 1.54) is 12.1 Å². The van der Waals surface area contributed by atoms with E-state index in [0.29, 0.717) is 23.4 Å². The molecule has 0 atom stereocenters. The van der Waals surface area contributed by atoms with Gasteiger partial charge in [-0.15, -0.1) is 0 Å². The van der Waals surface area contributed by atoms with Gasteiger partial charge in [-0.1, -0.05) is 22.9 Å². The van der Waals surface area contributed by atoms with Crippen LogP contribution < -0.4 is 10.1 Å². The van der Waals surface area contributed by atoms with Gasteiger partial charge in [-0.25, -0.2) is 0 Å². The summed E-state index contributed by atoms with van der Waals surface area (Å²) in [5.74, 6) is -1.24. The Labute approximate surface area is 164 Å². The second-order valence-electron chi connectivity index (χ2n) is 6.37. The Bertz CT molecular complexity index is 998. The van der Waals surface area contributed by atoms with E-state index in [2.05, 4.69) is 20.0 Å². The number of rotatable bonds is 6. The summed E-state index contributed by atoms with van der Waals surface area (Å²) in [6.45, 7) is 4.32. The fraction of sp³-hybridized carbons (Fsp3) is 0.250. The van der Waals surface area contributed by atoms with Gasteiger partial charge in [0.05, 0.1) is 6.54 Å². The standard InChI is InChI=1S/C20H18F3N3O3/c1-12-3-4-13(2)16(11-12)18(27)24-9-10-28-15-7-5-14(6-8-15)17-25-19(29-26-17)20(21,22)23/h3-8,11H,9-10H2,1-2H3,(H,24,27). The molecule has 2 aromatic carbocycles. The lowest BCUT2D eigenvalue weighted by molar-refractivity contribution is -0.159. The number of benzene rings is 2. The molecule has 1 amide bonds. The Kier molecular flexibility index (Phi) is 5.86. The molecule has 0 aliphatic rings. The Balaban J connectivity index is 1.51. The summed E-state index contributed by atoms with van der Waals surface area (Å²) in [6, 6.07) is 11.9. The minimum atomic E-state index is -4.68. The molecule has 0 fully saturated rings. The van der Waals surface area contributed by atoms with Crippen molar-refractivity contribution < 1.29 is 27.2 Å². The fourth-order valence-electron chi connectivity index (χ4n) is 2.57. The van der Waals surface area contributed by atoms with Gasteiger partial charge in [-0.3, -0.25) is 4.79 Å². The Morgan fingerprint density at radius 2 is 1.86 bits per heavy atom. The summed E-state index contributed by atoms with van der Waals surface area (Å²) in [5.41, 5.74) is 2.87. The lowest BCUT2D eigenvalue weighted by Gasteiger charge is -2.10. The molecule has 0 unspecified atom stereocenters. The van der Waals surface area contributed by atoms with Crippen molar-refractivity contribution in [2.45, 2.75) is 20.0 Å². The van der Waals surface area contributed by atoms with E-state index in [1.54, 1.807) is 12.1 Å². The molecule has 3 aromatic rings. The fourth-order valence-corrected chi connectivity index (χ4v) is 2.57. The van der Waals surface area contributed by atoms with E-state index < -0.39 is 12.1 Å². The van der Waals surface area contributed by atoms with Crippen LogP contribution >= 0.6 is 0 Å². The van der Waals surface area contributed by atoms with E-state index in [1.807, 2.05) is 32.0 Å². The number of nitrogens with zero attached hydrogens (tertiary/aromatic N) is 2. The molecule has 1 aromatic heterocycles. The zero-order valence-electron chi connectivity index (χ0n) is 15.7. The number of amides is 1. The lowest BCUT2D eigenvalue weighted by Crippen LogP contribution is -2.28. The number of halogens is 3. The predicted octanol–water partition coefficient (Wildman–Crippen LogP) is 4.18. The number of carbonyl (C=O) groups is 1. The zero-order chi connectivity index (χ0) is 21.0. The molecule has 3 rings (SSSR count). The van der Waals surface area contributed by atoms with Crippen molar-refractivity contribution in [2.75, 3.05) is 13.2 Å². The molecule has 9 heteroatoms. The molecule has 0 saturated carbocycles. The highest BCUT2D eigenvalue weighted by Crippen LogP contribution is 2.29. The normalized spacial score (nSPS) is 11.3.